The van der Waals surface area contributed by atoms with Gasteiger partial charge in [0.1, 0.15) is 11.5 Å². The van der Waals surface area contributed by atoms with Crippen molar-refractivity contribution in [3.63, 3.8) is 0 Å². The number of rotatable bonds is 10. The molecule has 36 heavy (non-hydrogen) atoms. The molecule has 0 unspecified atom stereocenters. The zero-order valence-corrected chi connectivity index (χ0v) is 21.2. The van der Waals surface area contributed by atoms with Crippen LogP contribution in [0.3, 0.4) is 0 Å². The molecule has 0 radical (unpaired) electrons. The first-order valence-electron chi connectivity index (χ1n) is 11.1. The van der Waals surface area contributed by atoms with Gasteiger partial charge in [-0.3, -0.25) is 24.3 Å². The maximum atomic E-state index is 13.5. The minimum Gasteiger partial charge on any atom is -0.350 e. The third-order valence-electron chi connectivity index (χ3n) is 5.54. The van der Waals surface area contributed by atoms with E-state index in [-0.39, 0.29) is 23.5 Å². The Kier molecular flexibility index (Phi) is 7.77. The molecule has 1 heterocycles. The zero-order valence-electron chi connectivity index (χ0n) is 20.4. The summed E-state index contributed by atoms with van der Waals surface area (Å²) < 4.78 is 43.9. The summed E-state index contributed by atoms with van der Waals surface area (Å²) in [5.74, 6) is -1.17. The molecule has 3 rings (SSSR count). The van der Waals surface area contributed by atoms with E-state index in [1.807, 2.05) is 0 Å². The van der Waals surface area contributed by atoms with Crippen LogP contribution < -0.4 is 10.0 Å². The lowest BCUT2D eigenvalue weighted by atomic mass is 9.94. The molecule has 1 aromatic heterocycles. The number of nitro benzene ring substituents is 1. The van der Waals surface area contributed by atoms with Crippen molar-refractivity contribution in [2.45, 2.75) is 44.4 Å². The van der Waals surface area contributed by atoms with Crippen LogP contribution in [0.25, 0.3) is 0 Å². The van der Waals surface area contributed by atoms with Gasteiger partial charge in [-0.2, -0.15) is 5.10 Å². The summed E-state index contributed by atoms with van der Waals surface area (Å²) >= 11 is 0. The SMILES string of the molecule is Cc1cccc(NS(=O)(=O)[C@H](Cc2cnn(C)c2)C(=O)NC(C)(C)Cc2ccc(F)cc2)c1[N+](=O)[O-]. The van der Waals surface area contributed by atoms with Crippen LogP contribution in [0.4, 0.5) is 15.8 Å². The lowest BCUT2D eigenvalue weighted by Gasteiger charge is -2.29. The molecule has 12 heteroatoms. The second kappa shape index (κ2) is 10.4. The highest BCUT2D eigenvalue weighted by atomic mass is 32.2. The Balaban J connectivity index is 1.91. The molecule has 0 bridgehead atoms. The van der Waals surface area contributed by atoms with Crippen LogP contribution in [0.15, 0.2) is 54.9 Å². The van der Waals surface area contributed by atoms with Crippen LogP contribution in [0.5, 0.6) is 0 Å². The number of nitrogens with zero attached hydrogens (tertiary/aromatic N) is 3. The molecular formula is C24H28FN5O5S. The number of hydrogen-bond donors (Lipinski definition) is 2. The number of carbonyl (C=O) groups is 1. The Morgan fingerprint density at radius 1 is 1.19 bits per heavy atom. The molecule has 0 aliphatic carbocycles. The lowest BCUT2D eigenvalue weighted by Crippen LogP contribution is -2.52. The van der Waals surface area contributed by atoms with Gasteiger partial charge >= 0.3 is 0 Å². The number of sulfonamides is 1. The maximum Gasteiger partial charge on any atom is 0.296 e. The number of halogens is 1. The van der Waals surface area contributed by atoms with Gasteiger partial charge in [0.2, 0.25) is 15.9 Å². The standard InChI is InChI=1S/C24H28FN5O5S/c1-16-6-5-7-20(22(16)30(32)33)28-36(34,35)21(12-18-14-26-29(4)15-18)23(31)27-24(2,3)13-17-8-10-19(25)11-9-17/h5-11,14-15,21,28H,12-13H2,1-4H3,(H,27,31)/t21-/m1/s1. The highest BCUT2D eigenvalue weighted by Crippen LogP contribution is 2.30. The van der Waals surface area contributed by atoms with Gasteiger partial charge in [0.25, 0.3) is 5.69 Å². The lowest BCUT2D eigenvalue weighted by molar-refractivity contribution is -0.384. The van der Waals surface area contributed by atoms with Crippen molar-refractivity contribution >= 4 is 27.3 Å². The van der Waals surface area contributed by atoms with Crippen LogP contribution in [-0.2, 0) is 34.7 Å². The van der Waals surface area contributed by atoms with Gasteiger partial charge in [-0.1, -0.05) is 24.3 Å². The molecular weight excluding hydrogens is 489 g/mol. The van der Waals surface area contributed by atoms with Crippen LogP contribution >= 0.6 is 0 Å². The summed E-state index contributed by atoms with van der Waals surface area (Å²) in [7, 11) is -2.78. The maximum absolute atomic E-state index is 13.5. The third kappa shape index (κ3) is 6.66. The van der Waals surface area contributed by atoms with Gasteiger partial charge in [-0.15, -0.1) is 0 Å². The first-order valence-corrected chi connectivity index (χ1v) is 12.6. The highest BCUT2D eigenvalue weighted by Gasteiger charge is 2.37. The van der Waals surface area contributed by atoms with Gasteiger partial charge in [0, 0.05) is 30.8 Å². The van der Waals surface area contributed by atoms with E-state index in [1.165, 1.54) is 48.1 Å². The molecule has 1 amide bonds. The number of aryl methyl sites for hydroxylation is 2. The smallest absolute Gasteiger partial charge is 0.296 e. The molecule has 0 saturated carbocycles. The van der Waals surface area contributed by atoms with E-state index >= 15 is 0 Å². The fourth-order valence-electron chi connectivity index (χ4n) is 3.91. The Morgan fingerprint density at radius 3 is 2.44 bits per heavy atom. The molecule has 10 nitrogen and oxygen atoms in total. The summed E-state index contributed by atoms with van der Waals surface area (Å²) in [6.07, 6.45) is 3.15. The van der Waals surface area contributed by atoms with E-state index in [9.17, 15) is 27.7 Å². The second-order valence-electron chi connectivity index (χ2n) is 9.27. The molecule has 2 N–H and O–H groups in total. The highest BCUT2D eigenvalue weighted by molar-refractivity contribution is 7.94. The molecule has 0 spiro atoms. The van der Waals surface area contributed by atoms with E-state index in [0.29, 0.717) is 12.0 Å². The number of para-hydroxylation sites is 1. The average Bonchev–Trinajstić information content (AvgIpc) is 3.17. The normalized spacial score (nSPS) is 12.7. The van der Waals surface area contributed by atoms with Gasteiger partial charge in [-0.25, -0.2) is 12.8 Å². The summed E-state index contributed by atoms with van der Waals surface area (Å²) in [4.78, 5) is 24.3. The van der Waals surface area contributed by atoms with Crippen LogP contribution in [-0.4, -0.2) is 39.8 Å². The van der Waals surface area contributed by atoms with E-state index < -0.39 is 37.3 Å². The van der Waals surface area contributed by atoms with Crippen LogP contribution in [0, 0.1) is 22.9 Å². The molecule has 0 aliphatic rings. The Labute approximate surface area is 208 Å². The topological polar surface area (TPSA) is 136 Å². The van der Waals surface area contributed by atoms with Crippen molar-refractivity contribution in [3.8, 4) is 0 Å². The first-order chi connectivity index (χ1) is 16.8. The molecule has 3 aromatic rings. The fraction of sp³-hybridized carbons (Fsp3) is 0.333. The monoisotopic (exact) mass is 517 g/mol. The van der Waals surface area contributed by atoms with Gasteiger partial charge < -0.3 is 5.32 Å². The van der Waals surface area contributed by atoms with Crippen molar-refractivity contribution < 1.29 is 22.5 Å². The van der Waals surface area contributed by atoms with Crippen molar-refractivity contribution in [1.29, 1.82) is 0 Å². The number of aromatic nitrogens is 2. The van der Waals surface area contributed by atoms with Gasteiger partial charge in [0.05, 0.1) is 11.1 Å². The summed E-state index contributed by atoms with van der Waals surface area (Å²) in [6.45, 7) is 4.94. The summed E-state index contributed by atoms with van der Waals surface area (Å²) in [6, 6.07) is 10.1. The number of nitro groups is 1. The predicted octanol–water partition coefficient (Wildman–Crippen LogP) is 3.27. The Hall–Kier alpha value is -3.80. The Morgan fingerprint density at radius 2 is 1.86 bits per heavy atom. The van der Waals surface area contributed by atoms with Crippen molar-refractivity contribution in [2.24, 2.45) is 7.05 Å². The average molecular weight is 518 g/mol. The van der Waals surface area contributed by atoms with Gasteiger partial charge in [0.15, 0.2) is 5.25 Å². The third-order valence-corrected chi connectivity index (χ3v) is 7.17. The van der Waals surface area contributed by atoms with E-state index in [2.05, 4.69) is 15.1 Å². The summed E-state index contributed by atoms with van der Waals surface area (Å²) in [5, 5.41) is 16.8. The molecule has 2 aromatic carbocycles. The Bertz CT molecular complexity index is 1370. The van der Waals surface area contributed by atoms with E-state index in [4.69, 9.17) is 0 Å². The summed E-state index contributed by atoms with van der Waals surface area (Å²) in [5.41, 5.74) is 0.0223. The molecule has 0 fully saturated rings. The van der Waals surface area contributed by atoms with Gasteiger partial charge in [-0.05, 0) is 56.5 Å². The number of nitrogens with one attached hydrogen (secondary N) is 2. The van der Waals surface area contributed by atoms with E-state index in [1.54, 1.807) is 39.2 Å². The second-order valence-corrected chi connectivity index (χ2v) is 11.1. The van der Waals surface area contributed by atoms with Crippen LogP contribution in [0.1, 0.15) is 30.5 Å². The fourth-order valence-corrected chi connectivity index (χ4v) is 5.28. The minimum absolute atomic E-state index is 0.207. The van der Waals surface area contributed by atoms with Crippen LogP contribution in [0.2, 0.25) is 0 Å². The number of anilines is 1. The largest absolute Gasteiger partial charge is 0.350 e. The van der Waals surface area contributed by atoms with Crippen molar-refractivity contribution in [1.82, 2.24) is 15.1 Å². The molecule has 1 atom stereocenters. The van der Waals surface area contributed by atoms with E-state index in [0.717, 1.165) is 5.56 Å². The number of hydrogen-bond acceptors (Lipinski definition) is 6. The minimum atomic E-state index is -4.44. The molecule has 192 valence electrons. The van der Waals surface area contributed by atoms with Crippen molar-refractivity contribution in [2.75, 3.05) is 4.72 Å². The molecule has 0 aliphatic heterocycles. The first kappa shape index (κ1) is 26.8. The number of benzene rings is 2. The zero-order chi connectivity index (χ0) is 26.7. The quantitative estimate of drug-likeness (QED) is 0.313. The number of amides is 1. The predicted molar refractivity (Wildman–Crippen MR) is 133 cm³/mol. The number of carbonyl (C=O) groups excluding carboxylic acids is 1. The molecule has 0 saturated heterocycles. The van der Waals surface area contributed by atoms with Crippen molar-refractivity contribution in [3.05, 3.63) is 87.5 Å².